The second-order valence-electron chi connectivity index (χ2n) is 10.3. The molecular weight excluding hydrogens is 492 g/mol. The SMILES string of the molecule is CCC(=O)NC1CCC(NC(=O)c2c(C)[nH]c3c(-c4cc(C(F)F)ccc4OCC4CC4)ncnc23)CC1. The minimum Gasteiger partial charge on any atom is -0.493 e. The van der Waals surface area contributed by atoms with E-state index in [1.165, 1.54) is 18.5 Å². The summed E-state index contributed by atoms with van der Waals surface area (Å²) in [7, 11) is 0. The first-order valence-electron chi connectivity index (χ1n) is 13.3. The van der Waals surface area contributed by atoms with E-state index in [1.54, 1.807) is 13.0 Å². The first kappa shape index (κ1) is 26.1. The first-order chi connectivity index (χ1) is 18.3. The maximum Gasteiger partial charge on any atom is 0.263 e. The van der Waals surface area contributed by atoms with E-state index in [1.807, 2.05) is 6.92 Å². The van der Waals surface area contributed by atoms with Crippen molar-refractivity contribution in [3.8, 4) is 17.0 Å². The number of hydrogen-bond donors (Lipinski definition) is 3. The summed E-state index contributed by atoms with van der Waals surface area (Å²) in [5.74, 6) is 0.768. The van der Waals surface area contributed by atoms with Crippen LogP contribution in [0.5, 0.6) is 5.75 Å². The van der Waals surface area contributed by atoms with E-state index in [-0.39, 0.29) is 29.5 Å². The zero-order valence-electron chi connectivity index (χ0n) is 21.7. The number of nitrogens with zero attached hydrogens (tertiary/aromatic N) is 2. The van der Waals surface area contributed by atoms with Crippen molar-refractivity contribution < 1.29 is 23.1 Å². The van der Waals surface area contributed by atoms with Crippen LogP contribution in [0, 0.1) is 12.8 Å². The molecule has 0 unspecified atom stereocenters. The first-order valence-corrected chi connectivity index (χ1v) is 13.3. The Kier molecular flexibility index (Phi) is 7.58. The predicted octanol–water partition coefficient (Wildman–Crippen LogP) is 5.23. The number of rotatable bonds is 9. The van der Waals surface area contributed by atoms with Crippen LogP contribution in [0.15, 0.2) is 24.5 Å². The molecule has 3 aromatic rings. The van der Waals surface area contributed by atoms with E-state index in [2.05, 4.69) is 25.6 Å². The molecule has 38 heavy (non-hydrogen) atoms. The van der Waals surface area contributed by atoms with Crippen LogP contribution in [0.4, 0.5) is 8.78 Å². The highest BCUT2D eigenvalue weighted by molar-refractivity contribution is 6.09. The Morgan fingerprint density at radius 2 is 1.79 bits per heavy atom. The normalized spacial score (nSPS) is 19.5. The van der Waals surface area contributed by atoms with Crippen LogP contribution in [0.2, 0.25) is 0 Å². The molecule has 0 atom stereocenters. The van der Waals surface area contributed by atoms with E-state index in [0.29, 0.717) is 58.2 Å². The third-order valence-electron chi connectivity index (χ3n) is 7.43. The Morgan fingerprint density at radius 1 is 1.08 bits per heavy atom. The molecule has 2 aliphatic carbocycles. The lowest BCUT2D eigenvalue weighted by atomic mass is 9.91. The van der Waals surface area contributed by atoms with Crippen molar-refractivity contribution >= 4 is 22.8 Å². The van der Waals surface area contributed by atoms with Crippen molar-refractivity contribution in [3.05, 3.63) is 41.3 Å². The van der Waals surface area contributed by atoms with Gasteiger partial charge in [0.15, 0.2) is 0 Å². The van der Waals surface area contributed by atoms with Crippen LogP contribution in [0.3, 0.4) is 0 Å². The predicted molar refractivity (Wildman–Crippen MR) is 139 cm³/mol. The molecule has 2 aliphatic rings. The van der Waals surface area contributed by atoms with Crippen molar-refractivity contribution in [1.82, 2.24) is 25.6 Å². The van der Waals surface area contributed by atoms with Crippen LogP contribution in [0.25, 0.3) is 22.3 Å². The van der Waals surface area contributed by atoms with Crippen LogP contribution >= 0.6 is 0 Å². The van der Waals surface area contributed by atoms with Gasteiger partial charge in [0, 0.05) is 35.3 Å². The Bertz CT molecular complexity index is 1330. The fraction of sp³-hybridized carbons (Fsp3) is 0.500. The Labute approximate surface area is 220 Å². The van der Waals surface area contributed by atoms with Crippen molar-refractivity contribution in [2.75, 3.05) is 6.61 Å². The molecule has 0 bridgehead atoms. The van der Waals surface area contributed by atoms with E-state index >= 15 is 0 Å². The Balaban J connectivity index is 1.40. The molecule has 2 saturated carbocycles. The van der Waals surface area contributed by atoms with Crippen molar-refractivity contribution in [1.29, 1.82) is 0 Å². The summed E-state index contributed by atoms with van der Waals surface area (Å²) in [4.78, 5) is 37.1. The van der Waals surface area contributed by atoms with Gasteiger partial charge in [-0.1, -0.05) is 6.92 Å². The summed E-state index contributed by atoms with van der Waals surface area (Å²) in [6.07, 6.45) is 4.52. The lowest BCUT2D eigenvalue weighted by Crippen LogP contribution is -2.43. The number of hydrogen-bond acceptors (Lipinski definition) is 5. The molecule has 0 aliphatic heterocycles. The van der Waals surface area contributed by atoms with Crippen molar-refractivity contribution in [3.63, 3.8) is 0 Å². The zero-order chi connectivity index (χ0) is 26.8. The number of amides is 2. The quantitative estimate of drug-likeness (QED) is 0.355. The van der Waals surface area contributed by atoms with Gasteiger partial charge in [-0.2, -0.15) is 0 Å². The van der Waals surface area contributed by atoms with E-state index in [4.69, 9.17) is 4.74 Å². The third kappa shape index (κ3) is 5.63. The number of carbonyl (C=O) groups is 2. The summed E-state index contributed by atoms with van der Waals surface area (Å²) in [5, 5.41) is 6.15. The second-order valence-corrected chi connectivity index (χ2v) is 10.3. The van der Waals surface area contributed by atoms with Gasteiger partial charge < -0.3 is 20.4 Å². The average molecular weight is 526 g/mol. The minimum atomic E-state index is -2.64. The summed E-state index contributed by atoms with van der Waals surface area (Å²) < 4.78 is 33.2. The van der Waals surface area contributed by atoms with Crippen LogP contribution in [0.1, 0.15) is 79.9 Å². The molecule has 2 heterocycles. The molecular formula is C28H33F2N5O3. The highest BCUT2D eigenvalue weighted by atomic mass is 19.3. The van der Waals surface area contributed by atoms with Crippen LogP contribution in [-0.4, -0.2) is 45.5 Å². The largest absolute Gasteiger partial charge is 0.493 e. The molecule has 202 valence electrons. The molecule has 3 N–H and O–H groups in total. The summed E-state index contributed by atoms with van der Waals surface area (Å²) in [5.41, 5.74) is 2.70. The van der Waals surface area contributed by atoms with Gasteiger partial charge in [-0.05, 0) is 69.6 Å². The highest BCUT2D eigenvalue weighted by Crippen LogP contribution is 2.38. The number of halogens is 2. The molecule has 1 aromatic carbocycles. The number of ether oxygens (including phenoxy) is 1. The number of nitrogens with one attached hydrogen (secondary N) is 3. The zero-order valence-corrected chi connectivity index (χ0v) is 21.7. The molecule has 0 spiro atoms. The van der Waals surface area contributed by atoms with Gasteiger partial charge in [0.1, 0.15) is 23.3 Å². The number of aromatic nitrogens is 3. The lowest BCUT2D eigenvalue weighted by Gasteiger charge is -2.29. The number of aromatic amines is 1. The molecule has 0 saturated heterocycles. The van der Waals surface area contributed by atoms with E-state index < -0.39 is 6.43 Å². The highest BCUT2D eigenvalue weighted by Gasteiger charge is 2.28. The molecule has 8 nitrogen and oxygen atoms in total. The maximum atomic E-state index is 13.6. The maximum absolute atomic E-state index is 13.6. The van der Waals surface area contributed by atoms with E-state index in [0.717, 1.165) is 38.5 Å². The second kappa shape index (κ2) is 11.0. The lowest BCUT2D eigenvalue weighted by molar-refractivity contribution is -0.121. The number of H-pyrrole nitrogens is 1. The third-order valence-corrected chi connectivity index (χ3v) is 7.43. The van der Waals surface area contributed by atoms with Gasteiger partial charge in [-0.25, -0.2) is 18.7 Å². The van der Waals surface area contributed by atoms with Crippen LogP contribution in [-0.2, 0) is 4.79 Å². The average Bonchev–Trinajstić information content (AvgIpc) is 3.67. The number of carbonyl (C=O) groups excluding carboxylic acids is 2. The Hall–Kier alpha value is -3.56. The number of aryl methyl sites for hydroxylation is 1. The smallest absolute Gasteiger partial charge is 0.263 e. The van der Waals surface area contributed by atoms with Gasteiger partial charge in [-0.15, -0.1) is 0 Å². The molecule has 2 amide bonds. The molecule has 10 heteroatoms. The van der Waals surface area contributed by atoms with Gasteiger partial charge in [0.25, 0.3) is 12.3 Å². The monoisotopic (exact) mass is 525 g/mol. The van der Waals surface area contributed by atoms with Gasteiger partial charge >= 0.3 is 0 Å². The molecule has 2 aromatic heterocycles. The molecule has 2 fully saturated rings. The standard InChI is InChI=1S/C28H33F2N5O3/c1-3-22(36)34-18-7-9-19(10-8-18)35-28(37)23-15(2)33-26-24(31-14-32-25(23)26)20-12-17(27(29)30)6-11-21(20)38-13-16-4-5-16/h6,11-12,14,16,18-19,27,33H,3-5,7-10,13H2,1-2H3,(H,34,36)(H,35,37). The number of benzene rings is 1. The topological polar surface area (TPSA) is 109 Å². The Morgan fingerprint density at radius 3 is 2.45 bits per heavy atom. The summed E-state index contributed by atoms with van der Waals surface area (Å²) >= 11 is 0. The molecule has 0 radical (unpaired) electrons. The van der Waals surface area contributed by atoms with E-state index in [9.17, 15) is 18.4 Å². The van der Waals surface area contributed by atoms with Crippen molar-refractivity contribution in [2.24, 2.45) is 5.92 Å². The fourth-order valence-electron chi connectivity index (χ4n) is 5.06. The van der Waals surface area contributed by atoms with Crippen molar-refractivity contribution in [2.45, 2.75) is 77.3 Å². The number of alkyl halides is 2. The van der Waals surface area contributed by atoms with Gasteiger partial charge in [0.2, 0.25) is 5.91 Å². The van der Waals surface area contributed by atoms with Gasteiger partial charge in [-0.3, -0.25) is 9.59 Å². The summed E-state index contributed by atoms with van der Waals surface area (Å²) in [6.45, 7) is 4.14. The fourth-order valence-corrected chi connectivity index (χ4v) is 5.06. The van der Waals surface area contributed by atoms with Gasteiger partial charge in [0.05, 0.1) is 17.7 Å². The number of fused-ring (bicyclic) bond motifs is 1. The summed E-state index contributed by atoms with van der Waals surface area (Å²) in [6, 6.07) is 4.47. The minimum absolute atomic E-state index is 0.00640. The van der Waals surface area contributed by atoms with Crippen LogP contribution < -0.4 is 15.4 Å². The molecule has 5 rings (SSSR count).